The van der Waals surface area contributed by atoms with Gasteiger partial charge in [-0.3, -0.25) is 4.79 Å². The maximum atomic E-state index is 13.4. The molecule has 1 fully saturated rings. The number of hydrogen-bond donors (Lipinski definition) is 1. The molecule has 0 aromatic heterocycles. The van der Waals surface area contributed by atoms with Crippen LogP contribution in [-0.2, 0) is 20.7 Å². The fraction of sp³-hybridized carbons (Fsp3) is 0.429. The number of benzene rings is 1. The van der Waals surface area contributed by atoms with Gasteiger partial charge in [0.05, 0.1) is 0 Å². The fourth-order valence-electron chi connectivity index (χ4n) is 3.08. The second kappa shape index (κ2) is 10.6. The predicted octanol–water partition coefficient (Wildman–Crippen LogP) is 3.86. The molecule has 0 spiro atoms. The lowest BCUT2D eigenvalue weighted by Crippen LogP contribution is -2.42. The lowest BCUT2D eigenvalue weighted by atomic mass is 10.0. The summed E-state index contributed by atoms with van der Waals surface area (Å²) in [4.78, 5) is 24.5. The van der Waals surface area contributed by atoms with E-state index in [9.17, 15) is 18.4 Å². The second-order valence-corrected chi connectivity index (χ2v) is 6.65. The number of amides is 1. The molecule has 1 N–H and O–H groups in total. The van der Waals surface area contributed by atoms with Gasteiger partial charge in [0, 0.05) is 12.5 Å². The van der Waals surface area contributed by atoms with E-state index in [-0.39, 0.29) is 18.6 Å². The number of halogens is 2. The zero-order chi connectivity index (χ0) is 19.6. The van der Waals surface area contributed by atoms with E-state index in [1.54, 1.807) is 19.1 Å². The Balaban J connectivity index is 2.05. The van der Waals surface area contributed by atoms with Crippen molar-refractivity contribution in [2.24, 2.45) is 5.92 Å². The third-order valence-electron chi connectivity index (χ3n) is 4.44. The molecule has 1 aromatic rings. The van der Waals surface area contributed by atoms with E-state index < -0.39 is 29.6 Å². The number of esters is 1. The molecule has 0 radical (unpaired) electrons. The molecule has 1 saturated carbocycles. The molecule has 4 nitrogen and oxygen atoms in total. The average molecular weight is 377 g/mol. The number of hydrogen-bond acceptors (Lipinski definition) is 3. The lowest BCUT2D eigenvalue weighted by molar-refractivity contribution is -0.146. The molecule has 0 bridgehead atoms. The van der Waals surface area contributed by atoms with Crippen molar-refractivity contribution in [3.63, 3.8) is 0 Å². The first kappa shape index (κ1) is 20.8. The molecule has 0 aliphatic heterocycles. The molecular weight excluding hydrogens is 352 g/mol. The van der Waals surface area contributed by atoms with Crippen LogP contribution in [0.25, 0.3) is 0 Å². The fourth-order valence-corrected chi connectivity index (χ4v) is 3.08. The Kier molecular flexibility index (Phi) is 8.17. The van der Waals surface area contributed by atoms with Crippen LogP contribution < -0.4 is 5.32 Å². The molecule has 1 aliphatic carbocycles. The van der Waals surface area contributed by atoms with E-state index in [0.29, 0.717) is 5.92 Å². The van der Waals surface area contributed by atoms with Gasteiger partial charge in [0.25, 0.3) is 0 Å². The van der Waals surface area contributed by atoms with Gasteiger partial charge in [-0.05, 0) is 49.5 Å². The minimum absolute atomic E-state index is 0.0631. The van der Waals surface area contributed by atoms with Crippen LogP contribution in [0, 0.1) is 17.6 Å². The number of carbonyl (C=O) groups is 2. The van der Waals surface area contributed by atoms with Crippen LogP contribution in [0.5, 0.6) is 0 Å². The quantitative estimate of drug-likeness (QED) is 0.425. The van der Waals surface area contributed by atoms with Crippen LogP contribution >= 0.6 is 0 Å². The molecule has 0 heterocycles. The minimum Gasteiger partial charge on any atom is -0.460 e. The monoisotopic (exact) mass is 377 g/mol. The predicted molar refractivity (Wildman–Crippen MR) is 98.9 cm³/mol. The number of ether oxygens (including phenoxy) is 1. The molecule has 1 amide bonds. The highest BCUT2D eigenvalue weighted by molar-refractivity contribution is 5.91. The minimum atomic E-state index is -1.03. The SMILES string of the molecule is C/C=C/COC(=O)[C@H](Cc1cc(F)cc(F)c1)NC(=O)/C=C/C1CCCC1. The van der Waals surface area contributed by atoms with E-state index in [1.807, 2.05) is 6.08 Å². The van der Waals surface area contributed by atoms with Gasteiger partial charge in [-0.1, -0.05) is 31.1 Å². The van der Waals surface area contributed by atoms with Gasteiger partial charge < -0.3 is 10.1 Å². The van der Waals surface area contributed by atoms with E-state index in [1.165, 1.54) is 6.08 Å². The van der Waals surface area contributed by atoms with Crippen LogP contribution in [0.3, 0.4) is 0 Å². The Morgan fingerprint density at radius 1 is 1.22 bits per heavy atom. The van der Waals surface area contributed by atoms with Crippen molar-refractivity contribution in [3.8, 4) is 0 Å². The van der Waals surface area contributed by atoms with Crippen molar-refractivity contribution < 1.29 is 23.1 Å². The summed E-state index contributed by atoms with van der Waals surface area (Å²) in [6, 6.07) is 1.99. The summed E-state index contributed by atoms with van der Waals surface area (Å²) in [6.45, 7) is 1.85. The van der Waals surface area contributed by atoms with E-state index >= 15 is 0 Å². The van der Waals surface area contributed by atoms with Gasteiger partial charge >= 0.3 is 5.97 Å². The zero-order valence-corrected chi connectivity index (χ0v) is 15.4. The van der Waals surface area contributed by atoms with Crippen LogP contribution in [0.4, 0.5) is 8.78 Å². The number of carbonyl (C=O) groups excluding carboxylic acids is 2. The third kappa shape index (κ3) is 7.33. The van der Waals surface area contributed by atoms with Gasteiger partial charge in [-0.2, -0.15) is 0 Å². The molecule has 1 atom stereocenters. The summed E-state index contributed by atoms with van der Waals surface area (Å²) in [7, 11) is 0. The number of nitrogens with one attached hydrogen (secondary N) is 1. The Morgan fingerprint density at radius 3 is 2.52 bits per heavy atom. The highest BCUT2D eigenvalue weighted by Gasteiger charge is 2.23. The van der Waals surface area contributed by atoms with Crippen LogP contribution in [0.15, 0.2) is 42.5 Å². The Bertz CT molecular complexity index is 689. The third-order valence-corrected chi connectivity index (χ3v) is 4.44. The van der Waals surface area contributed by atoms with Gasteiger partial charge in [-0.15, -0.1) is 0 Å². The largest absolute Gasteiger partial charge is 0.460 e. The normalized spacial score (nSPS) is 16.1. The van der Waals surface area contributed by atoms with E-state index in [0.717, 1.165) is 43.9 Å². The van der Waals surface area contributed by atoms with Crippen molar-refractivity contribution in [2.75, 3.05) is 6.61 Å². The summed E-state index contributed by atoms with van der Waals surface area (Å²) in [5.41, 5.74) is 0.264. The number of allylic oxidation sites excluding steroid dienone is 2. The van der Waals surface area contributed by atoms with Gasteiger partial charge in [-0.25, -0.2) is 13.6 Å². The average Bonchev–Trinajstić information content (AvgIpc) is 3.12. The van der Waals surface area contributed by atoms with Crippen molar-refractivity contribution in [3.05, 3.63) is 59.7 Å². The first-order valence-electron chi connectivity index (χ1n) is 9.19. The van der Waals surface area contributed by atoms with Crippen molar-refractivity contribution >= 4 is 11.9 Å². The molecule has 2 rings (SSSR count). The molecular formula is C21H25F2NO3. The summed E-state index contributed by atoms with van der Waals surface area (Å²) < 4.78 is 31.9. The zero-order valence-electron chi connectivity index (χ0n) is 15.4. The Hall–Kier alpha value is -2.50. The summed E-state index contributed by atoms with van der Waals surface area (Å²) in [5.74, 6) is -2.17. The van der Waals surface area contributed by atoms with E-state index in [2.05, 4.69) is 5.32 Å². The molecule has 27 heavy (non-hydrogen) atoms. The van der Waals surface area contributed by atoms with Gasteiger partial charge in [0.15, 0.2) is 0 Å². The standard InChI is InChI=1S/C21H25F2NO3/c1-2-3-10-27-21(26)19(13-16-11-17(22)14-18(23)12-16)24-20(25)9-8-15-6-4-5-7-15/h2-3,8-9,11-12,14-15,19H,4-7,10,13H2,1H3,(H,24,25)/b3-2+,9-8+/t19-/m0/s1. The van der Waals surface area contributed by atoms with Crippen LogP contribution in [-0.4, -0.2) is 24.5 Å². The van der Waals surface area contributed by atoms with E-state index in [4.69, 9.17) is 4.74 Å². The molecule has 1 aliphatic rings. The second-order valence-electron chi connectivity index (χ2n) is 6.65. The summed E-state index contributed by atoms with van der Waals surface area (Å²) in [6.07, 6.45) is 11.0. The molecule has 1 aromatic carbocycles. The van der Waals surface area contributed by atoms with Crippen LogP contribution in [0.1, 0.15) is 38.2 Å². The van der Waals surface area contributed by atoms with Crippen molar-refractivity contribution in [1.29, 1.82) is 0 Å². The van der Waals surface area contributed by atoms with Gasteiger partial charge in [0.2, 0.25) is 5.91 Å². The molecule has 146 valence electrons. The molecule has 0 unspecified atom stereocenters. The smallest absolute Gasteiger partial charge is 0.329 e. The molecule has 6 heteroatoms. The summed E-state index contributed by atoms with van der Waals surface area (Å²) >= 11 is 0. The highest BCUT2D eigenvalue weighted by Crippen LogP contribution is 2.25. The lowest BCUT2D eigenvalue weighted by Gasteiger charge is -2.17. The van der Waals surface area contributed by atoms with Gasteiger partial charge in [0.1, 0.15) is 24.3 Å². The Labute approximate surface area is 158 Å². The first-order valence-corrected chi connectivity index (χ1v) is 9.19. The van der Waals surface area contributed by atoms with Crippen LogP contribution in [0.2, 0.25) is 0 Å². The van der Waals surface area contributed by atoms with Crippen molar-refractivity contribution in [1.82, 2.24) is 5.32 Å². The maximum absolute atomic E-state index is 13.4. The Morgan fingerprint density at radius 2 is 1.89 bits per heavy atom. The first-order chi connectivity index (χ1) is 13.0. The molecule has 0 saturated heterocycles. The number of rotatable bonds is 8. The summed E-state index contributed by atoms with van der Waals surface area (Å²) in [5, 5.41) is 2.59. The maximum Gasteiger partial charge on any atom is 0.329 e. The van der Waals surface area contributed by atoms with Crippen molar-refractivity contribution in [2.45, 2.75) is 45.1 Å². The topological polar surface area (TPSA) is 55.4 Å². The highest BCUT2D eigenvalue weighted by atomic mass is 19.1.